The first-order chi connectivity index (χ1) is 45.0. The van der Waals surface area contributed by atoms with Crippen molar-refractivity contribution in [2.75, 3.05) is 96.8 Å². The summed E-state index contributed by atoms with van der Waals surface area (Å²) in [5, 5.41) is 26.2. The molecule has 0 radical (unpaired) electrons. The monoisotopic (exact) mass is 1380 g/mol. The summed E-state index contributed by atoms with van der Waals surface area (Å²) in [6, 6.07) is 9.54. The van der Waals surface area contributed by atoms with Crippen LogP contribution in [0.3, 0.4) is 0 Å². The van der Waals surface area contributed by atoms with E-state index in [2.05, 4.69) is 36.6 Å². The van der Waals surface area contributed by atoms with Gasteiger partial charge < -0.3 is 53.8 Å². The van der Waals surface area contributed by atoms with Crippen molar-refractivity contribution in [1.29, 1.82) is 0 Å². The van der Waals surface area contributed by atoms with Gasteiger partial charge in [0.15, 0.2) is 28.8 Å². The fourth-order valence-electron chi connectivity index (χ4n) is 9.18. The third-order valence-corrected chi connectivity index (χ3v) is 16.2. The summed E-state index contributed by atoms with van der Waals surface area (Å²) in [5.74, 6) is -0.602. The van der Waals surface area contributed by atoms with Gasteiger partial charge in [-0.15, -0.1) is 10.2 Å². The number of ether oxygens (including phenoxy) is 8. The lowest BCUT2D eigenvalue weighted by atomic mass is 10.0. The van der Waals surface area contributed by atoms with Crippen molar-refractivity contribution in [2.24, 2.45) is 0 Å². The average molecular weight is 1380 g/mol. The van der Waals surface area contributed by atoms with Gasteiger partial charge in [0.25, 0.3) is 42.2 Å². The molecule has 5 aromatic rings. The number of nitrogens with one attached hydrogen (secondary N) is 3. The number of hydrogen-bond acceptors (Lipinski definition) is 22. The summed E-state index contributed by atoms with van der Waals surface area (Å²) < 4.78 is 147. The van der Waals surface area contributed by atoms with E-state index in [4.69, 9.17) is 37.9 Å². The number of carbonyl (C=O) groups excluding carboxylic acids is 3. The number of ketones is 1. The van der Waals surface area contributed by atoms with Gasteiger partial charge in [0.05, 0.1) is 81.5 Å². The molecule has 5 rings (SSSR count). The van der Waals surface area contributed by atoms with Gasteiger partial charge in [-0.2, -0.15) is 25.3 Å². The van der Waals surface area contributed by atoms with Crippen molar-refractivity contribution >= 4 is 48.0 Å². The first-order valence-corrected chi connectivity index (χ1v) is 36.7. The summed E-state index contributed by atoms with van der Waals surface area (Å²) in [4.78, 5) is 39.6. The van der Waals surface area contributed by atoms with Gasteiger partial charge in [0, 0.05) is 60.8 Å². The van der Waals surface area contributed by atoms with Gasteiger partial charge >= 0.3 is 0 Å². The molecule has 0 fully saturated rings. The number of hydrogen-bond donors (Lipinski definition) is 6. The molecule has 0 spiro atoms. The summed E-state index contributed by atoms with van der Waals surface area (Å²) in [6.45, 7) is 11.2. The Morgan fingerprint density at radius 2 is 0.787 bits per heavy atom. The number of aryl methyl sites for hydroxylation is 4. The first kappa shape index (κ1) is 77.3. The number of amides is 2. The molecule has 0 aliphatic heterocycles. The van der Waals surface area contributed by atoms with Crippen LogP contribution in [-0.2, 0) is 62.7 Å². The smallest absolute Gasteiger partial charge is 0.264 e. The molecule has 0 saturated heterocycles. The second-order valence-electron chi connectivity index (χ2n) is 22.1. The van der Waals surface area contributed by atoms with E-state index in [-0.39, 0.29) is 80.1 Å². The van der Waals surface area contributed by atoms with Gasteiger partial charge in [-0.3, -0.25) is 37.4 Å². The molecule has 3 aromatic carbocycles. The Kier molecular flexibility index (Phi) is 33.6. The maximum atomic E-state index is 13.5. The largest absolute Gasteiger partial charge is 0.493 e. The molecule has 2 heterocycles. The van der Waals surface area contributed by atoms with Crippen molar-refractivity contribution in [3.8, 4) is 46.0 Å². The molecule has 524 valence electrons. The zero-order valence-electron chi connectivity index (χ0n) is 54.4. The number of unbranched alkanes of at least 4 members (excludes halogenated alkanes) is 2. The second-order valence-corrected chi connectivity index (χ2v) is 26.8. The third kappa shape index (κ3) is 29.5. The zero-order chi connectivity index (χ0) is 68.4. The molecule has 2 aromatic heterocycles. The van der Waals surface area contributed by atoms with Crippen molar-refractivity contribution < 1.29 is 91.2 Å². The molecular weight excluding hydrogens is 1290 g/mol. The molecule has 6 N–H and O–H groups in total. The predicted molar refractivity (Wildman–Crippen MR) is 349 cm³/mol. The standard InChI is InChI=1S/C62H93N9O20S3/c1-6-27-84-55-40-48(41-56(85-28-7-2)59(55)90-29-8-3)61(73)64-23-14-25-70-44-50(66-68-70)19-9-11-30-86-53-38-47(46(4)72)39-54(52(53)21-13-22-63-5)87-31-12-10-20-51-45-71(69-67-51)26-15-24-65-62(74)49-42-57(88-32-16-35-92(75,76)77)60(91-34-18-37-94(81,82)83)58(43-49)89-33-17-36-93(78,79)80/h38-45,63H,6-37H2,1-5H3,(H,64,73)(H,65,74)(H,75,76,77)(H,78,79,80)(H,81,82,83). The zero-order valence-corrected chi connectivity index (χ0v) is 56.9. The molecule has 0 saturated carbocycles. The van der Waals surface area contributed by atoms with E-state index in [1.54, 1.807) is 33.6 Å². The lowest BCUT2D eigenvalue weighted by Gasteiger charge is -2.18. The maximum absolute atomic E-state index is 13.5. The van der Waals surface area contributed by atoms with E-state index < -0.39 is 53.5 Å². The molecule has 29 nitrogen and oxygen atoms in total. The van der Waals surface area contributed by atoms with Crippen LogP contribution < -0.4 is 53.8 Å². The van der Waals surface area contributed by atoms with Crippen LogP contribution >= 0.6 is 0 Å². The van der Waals surface area contributed by atoms with Crippen molar-refractivity contribution in [2.45, 2.75) is 144 Å². The van der Waals surface area contributed by atoms with E-state index in [0.29, 0.717) is 131 Å². The quantitative estimate of drug-likeness (QED) is 0.0129. The number of benzene rings is 3. The number of Topliss-reactive ketones (excluding diaryl/α,β-unsaturated/α-hetero) is 1. The average Bonchev–Trinajstić information content (AvgIpc) is 1.08. The van der Waals surface area contributed by atoms with Crippen LogP contribution in [0.2, 0.25) is 0 Å². The number of rotatable bonds is 51. The molecule has 2 amide bonds. The van der Waals surface area contributed by atoms with Crippen molar-refractivity contribution in [1.82, 2.24) is 45.9 Å². The minimum Gasteiger partial charge on any atom is -0.493 e. The molecule has 32 heteroatoms. The highest BCUT2D eigenvalue weighted by Crippen LogP contribution is 2.41. The fraction of sp³-hybridized carbons (Fsp3) is 0.597. The molecule has 0 aliphatic carbocycles. The molecule has 0 unspecified atom stereocenters. The molecule has 0 bridgehead atoms. The van der Waals surface area contributed by atoms with E-state index >= 15 is 0 Å². The normalized spacial score (nSPS) is 11.7. The van der Waals surface area contributed by atoms with Crippen LogP contribution in [0.25, 0.3) is 0 Å². The summed E-state index contributed by atoms with van der Waals surface area (Å²) in [5.41, 5.74) is 3.38. The van der Waals surface area contributed by atoms with Crippen LogP contribution in [-0.4, -0.2) is 183 Å². The van der Waals surface area contributed by atoms with E-state index in [9.17, 15) is 53.3 Å². The van der Waals surface area contributed by atoms with E-state index in [0.717, 1.165) is 68.4 Å². The molecule has 94 heavy (non-hydrogen) atoms. The van der Waals surface area contributed by atoms with Crippen LogP contribution in [0.1, 0.15) is 159 Å². The Labute approximate surface area is 551 Å². The Morgan fingerprint density at radius 3 is 1.17 bits per heavy atom. The van der Waals surface area contributed by atoms with Crippen LogP contribution in [0.15, 0.2) is 48.8 Å². The van der Waals surface area contributed by atoms with Crippen molar-refractivity contribution in [3.05, 3.63) is 82.4 Å². The van der Waals surface area contributed by atoms with Crippen molar-refractivity contribution in [3.63, 3.8) is 0 Å². The number of nitrogens with zero attached hydrogens (tertiary/aromatic N) is 6. The highest BCUT2D eigenvalue weighted by atomic mass is 32.2. The molecular formula is C62H93N9O20S3. The predicted octanol–water partition coefficient (Wildman–Crippen LogP) is 7.00. The Morgan fingerprint density at radius 1 is 0.436 bits per heavy atom. The lowest BCUT2D eigenvalue weighted by molar-refractivity contribution is 0.0943. The highest BCUT2D eigenvalue weighted by Gasteiger charge is 2.23. The van der Waals surface area contributed by atoms with Crippen LogP contribution in [0, 0.1) is 0 Å². The minimum atomic E-state index is -4.34. The topological polar surface area (TPSA) is 386 Å². The van der Waals surface area contributed by atoms with Crippen LogP contribution in [0.4, 0.5) is 0 Å². The second kappa shape index (κ2) is 40.8. The fourth-order valence-corrected chi connectivity index (χ4v) is 10.6. The summed E-state index contributed by atoms with van der Waals surface area (Å²) >= 11 is 0. The lowest BCUT2D eigenvalue weighted by Crippen LogP contribution is -2.25. The van der Waals surface area contributed by atoms with E-state index in [1.807, 2.05) is 40.2 Å². The van der Waals surface area contributed by atoms with Gasteiger partial charge in [-0.25, -0.2) is 0 Å². The Hall–Kier alpha value is -7.36. The van der Waals surface area contributed by atoms with Gasteiger partial charge in [0.1, 0.15) is 11.5 Å². The summed E-state index contributed by atoms with van der Waals surface area (Å²) in [7, 11) is -11.1. The maximum Gasteiger partial charge on any atom is 0.264 e. The molecule has 0 aliphatic rings. The van der Waals surface area contributed by atoms with Gasteiger partial charge in [-0.05, 0) is 160 Å². The minimum absolute atomic E-state index is 0.00713. The van der Waals surface area contributed by atoms with Gasteiger partial charge in [0.2, 0.25) is 11.5 Å². The number of carbonyl (C=O) groups is 3. The number of aromatic nitrogens is 6. The van der Waals surface area contributed by atoms with E-state index in [1.165, 1.54) is 19.1 Å². The highest BCUT2D eigenvalue weighted by molar-refractivity contribution is 7.86. The van der Waals surface area contributed by atoms with Crippen LogP contribution in [0.5, 0.6) is 46.0 Å². The SMILES string of the molecule is CCCOc1cc(C(=O)NCCCn2cc(CCCCOc3cc(C(C)=O)cc(OCCCCc4cn(CCCNC(=O)c5cc(OCCCS(=O)(=O)O)c(OCCCS(=O)(=O)O)c(OCCCS(=O)(=O)O)c5)nn4)c3CCCNC)nn2)cc(OCCC)c1OCCC. The first-order valence-electron chi connectivity index (χ1n) is 31.9. The Balaban J connectivity index is 1.09. The third-order valence-electron chi connectivity index (χ3n) is 13.8. The Bertz CT molecular complexity index is 3420. The molecule has 0 atom stereocenters. The summed E-state index contributed by atoms with van der Waals surface area (Å²) in [6.07, 6.45) is 12.3. The van der Waals surface area contributed by atoms with Gasteiger partial charge in [-0.1, -0.05) is 31.2 Å².